The second kappa shape index (κ2) is 5.24. The quantitative estimate of drug-likeness (QED) is 0.579. The van der Waals surface area contributed by atoms with Crippen LogP contribution in [0.15, 0.2) is 0 Å². The number of nitrogens with zero attached hydrogens (tertiary/aromatic N) is 1. The van der Waals surface area contributed by atoms with Gasteiger partial charge in [0, 0.05) is 13.0 Å². The summed E-state index contributed by atoms with van der Waals surface area (Å²) in [4.78, 5) is 12.6. The van der Waals surface area contributed by atoms with E-state index in [9.17, 15) is 4.79 Å². The van der Waals surface area contributed by atoms with Crippen LogP contribution in [0.1, 0.15) is 48.0 Å². The van der Waals surface area contributed by atoms with Crippen molar-refractivity contribution in [1.82, 2.24) is 4.57 Å². The van der Waals surface area contributed by atoms with Crippen LogP contribution in [0.2, 0.25) is 11.6 Å². The highest BCUT2D eigenvalue weighted by molar-refractivity contribution is 6.75. The number of hydrogen-bond acceptors (Lipinski definition) is 4. The van der Waals surface area contributed by atoms with Crippen LogP contribution in [0, 0.1) is 0 Å². The van der Waals surface area contributed by atoms with Crippen LogP contribution in [0.3, 0.4) is 0 Å². The van der Waals surface area contributed by atoms with Crippen molar-refractivity contribution in [2.45, 2.75) is 77.4 Å². The monoisotopic (exact) mass is 315 g/mol. The third-order valence-electron chi connectivity index (χ3n) is 4.23. The van der Waals surface area contributed by atoms with Crippen LogP contribution in [0.4, 0.5) is 4.79 Å². The van der Waals surface area contributed by atoms with E-state index in [1.54, 1.807) is 0 Å². The number of amides is 1. The first-order valence-corrected chi connectivity index (χ1v) is 10.1. The number of ether oxygens (including phenoxy) is 2. The molecule has 1 amide bonds. The Kier molecular flexibility index (Phi) is 4.19. The number of carbonyl (C=O) groups is 1. The fourth-order valence-corrected chi connectivity index (χ4v) is 5.63. The number of hydrogen-bond donors (Lipinski definition) is 0. The molecule has 0 bridgehead atoms. The lowest BCUT2D eigenvalue weighted by atomic mass is 10.2. The van der Waals surface area contributed by atoms with E-state index >= 15 is 0 Å². The number of epoxide rings is 1. The lowest BCUT2D eigenvalue weighted by Crippen LogP contribution is -2.57. The Labute approximate surface area is 129 Å². The molecule has 0 aliphatic carbocycles. The van der Waals surface area contributed by atoms with Crippen LogP contribution in [0.5, 0.6) is 0 Å². The van der Waals surface area contributed by atoms with Gasteiger partial charge in [-0.2, -0.15) is 0 Å². The van der Waals surface area contributed by atoms with Crippen molar-refractivity contribution in [3.05, 3.63) is 0 Å². The van der Waals surface area contributed by atoms with E-state index in [-0.39, 0.29) is 17.2 Å². The average Bonchev–Trinajstić information content (AvgIpc) is 2.97. The molecule has 5 nitrogen and oxygen atoms in total. The van der Waals surface area contributed by atoms with E-state index in [1.165, 1.54) is 0 Å². The Morgan fingerprint density at radius 2 is 1.81 bits per heavy atom. The summed E-state index contributed by atoms with van der Waals surface area (Å²) in [6.45, 7) is 15.7. The Balaban J connectivity index is 2.16. The summed E-state index contributed by atoms with van der Waals surface area (Å²) in [5, 5.41) is -0.0664. The van der Waals surface area contributed by atoms with Crippen LogP contribution in [0.25, 0.3) is 0 Å². The van der Waals surface area contributed by atoms with Crippen molar-refractivity contribution in [2.24, 2.45) is 0 Å². The highest BCUT2D eigenvalue weighted by Gasteiger charge is 2.57. The van der Waals surface area contributed by atoms with Gasteiger partial charge in [0.25, 0.3) is 0 Å². The van der Waals surface area contributed by atoms with Gasteiger partial charge in [-0.1, -0.05) is 20.8 Å². The molecule has 2 saturated heterocycles. The molecule has 2 aliphatic rings. The fourth-order valence-electron chi connectivity index (χ4n) is 2.57. The molecule has 2 heterocycles. The topological polar surface area (TPSA) is 51.3 Å². The lowest BCUT2D eigenvalue weighted by molar-refractivity contribution is 0.0377. The molecule has 0 radical (unpaired) electrons. The third kappa shape index (κ3) is 3.79. The summed E-state index contributed by atoms with van der Waals surface area (Å²) in [7, 11) is -2.38. The van der Waals surface area contributed by atoms with E-state index < -0.39 is 14.1 Å². The standard InChI is InChI=1S/C15H29NO4Si/c1-14(2,3)19-13(17)16-9-11(8-12-10-18-12)20-21(16,7)15(4,5)6/h11-12H,8-10H2,1-7H3. The van der Waals surface area contributed by atoms with Crippen molar-refractivity contribution in [2.75, 3.05) is 13.2 Å². The van der Waals surface area contributed by atoms with Gasteiger partial charge in [0.2, 0.25) is 0 Å². The Morgan fingerprint density at radius 3 is 2.24 bits per heavy atom. The van der Waals surface area contributed by atoms with Gasteiger partial charge in [0.15, 0.2) is 0 Å². The first kappa shape index (κ1) is 16.8. The van der Waals surface area contributed by atoms with Crippen molar-refractivity contribution in [3.63, 3.8) is 0 Å². The predicted octanol–water partition coefficient (Wildman–Crippen LogP) is 3.28. The number of carbonyl (C=O) groups excluding carboxylic acids is 1. The molecule has 122 valence electrons. The van der Waals surface area contributed by atoms with Crippen molar-refractivity contribution in [1.29, 1.82) is 0 Å². The zero-order valence-corrected chi connectivity index (χ0v) is 15.4. The zero-order chi connectivity index (χ0) is 16.1. The maximum Gasteiger partial charge on any atom is 0.404 e. The van der Waals surface area contributed by atoms with E-state index in [4.69, 9.17) is 13.9 Å². The third-order valence-corrected chi connectivity index (χ3v) is 9.20. The molecule has 0 N–H and O–H groups in total. The van der Waals surface area contributed by atoms with Crippen molar-refractivity contribution in [3.8, 4) is 0 Å². The molecule has 3 atom stereocenters. The van der Waals surface area contributed by atoms with E-state index in [2.05, 4.69) is 27.3 Å². The molecule has 2 rings (SSSR count). The molecule has 0 spiro atoms. The number of rotatable bonds is 2. The molecule has 0 aromatic heterocycles. The van der Waals surface area contributed by atoms with Gasteiger partial charge in [0.05, 0.1) is 18.8 Å². The second-order valence-electron chi connectivity index (χ2n) is 8.25. The Bertz CT molecular complexity index is 411. The first-order chi connectivity index (χ1) is 9.42. The van der Waals surface area contributed by atoms with Gasteiger partial charge in [-0.05, 0) is 32.4 Å². The zero-order valence-electron chi connectivity index (χ0n) is 14.4. The first-order valence-electron chi connectivity index (χ1n) is 7.72. The van der Waals surface area contributed by atoms with Crippen LogP contribution in [-0.2, 0) is 13.9 Å². The van der Waals surface area contributed by atoms with Crippen LogP contribution < -0.4 is 0 Å². The van der Waals surface area contributed by atoms with Crippen LogP contribution >= 0.6 is 0 Å². The van der Waals surface area contributed by atoms with Gasteiger partial charge in [-0.3, -0.25) is 0 Å². The van der Waals surface area contributed by atoms with Crippen molar-refractivity contribution >= 4 is 14.6 Å². The smallest absolute Gasteiger partial charge is 0.404 e. The average molecular weight is 315 g/mol. The molecular weight excluding hydrogens is 286 g/mol. The van der Waals surface area contributed by atoms with Crippen molar-refractivity contribution < 1.29 is 18.7 Å². The summed E-state index contributed by atoms with van der Waals surface area (Å²) >= 11 is 0. The molecule has 3 unspecified atom stereocenters. The SMILES string of the molecule is CC(C)(C)OC(=O)N1CC(CC2CO2)O[Si]1(C)C(C)(C)C. The highest BCUT2D eigenvalue weighted by atomic mass is 28.4. The normalized spacial score (nSPS) is 33.2. The predicted molar refractivity (Wildman–Crippen MR) is 83.5 cm³/mol. The molecule has 2 fully saturated rings. The van der Waals surface area contributed by atoms with E-state index in [0.29, 0.717) is 12.6 Å². The molecule has 6 heteroatoms. The Hall–Kier alpha value is -0.593. The maximum absolute atomic E-state index is 12.6. The molecule has 2 aliphatic heterocycles. The highest BCUT2D eigenvalue weighted by Crippen LogP contribution is 2.44. The summed E-state index contributed by atoms with van der Waals surface area (Å²) in [6.07, 6.45) is 1.01. The minimum atomic E-state index is -2.38. The fraction of sp³-hybridized carbons (Fsp3) is 0.933. The van der Waals surface area contributed by atoms with E-state index in [1.807, 2.05) is 25.3 Å². The summed E-state index contributed by atoms with van der Waals surface area (Å²) < 4.78 is 19.2. The van der Waals surface area contributed by atoms with Gasteiger partial charge in [0.1, 0.15) is 5.60 Å². The molecular formula is C15H29NO4Si. The van der Waals surface area contributed by atoms with Gasteiger partial charge in [-0.25, -0.2) is 4.79 Å². The molecule has 21 heavy (non-hydrogen) atoms. The minimum Gasteiger partial charge on any atom is -0.444 e. The van der Waals surface area contributed by atoms with Gasteiger partial charge in [-0.15, -0.1) is 0 Å². The summed E-state index contributed by atoms with van der Waals surface area (Å²) in [5.41, 5.74) is -0.484. The summed E-state index contributed by atoms with van der Waals surface area (Å²) in [6, 6.07) is 0. The Morgan fingerprint density at radius 1 is 1.24 bits per heavy atom. The summed E-state index contributed by atoms with van der Waals surface area (Å²) in [5.74, 6) is 0. The van der Waals surface area contributed by atoms with Crippen LogP contribution in [-0.4, -0.2) is 50.1 Å². The minimum absolute atomic E-state index is 0.0664. The molecule has 0 saturated carbocycles. The molecule has 0 aromatic rings. The second-order valence-corrected chi connectivity index (χ2v) is 12.5. The largest absolute Gasteiger partial charge is 0.444 e. The van der Waals surface area contributed by atoms with Gasteiger partial charge < -0.3 is 18.5 Å². The molecule has 0 aromatic carbocycles. The van der Waals surface area contributed by atoms with Gasteiger partial charge >= 0.3 is 14.6 Å². The van der Waals surface area contributed by atoms with E-state index in [0.717, 1.165) is 13.0 Å². The lowest BCUT2D eigenvalue weighted by Gasteiger charge is -2.41. The maximum atomic E-state index is 12.6.